The lowest BCUT2D eigenvalue weighted by atomic mass is 9.78. The number of hydrogen-bond acceptors (Lipinski definition) is 2. The Bertz CT molecular complexity index is 176. The SMILES string of the molecule is CCCN(CCC)C1CC(C)CCC1CN. The van der Waals surface area contributed by atoms with Gasteiger partial charge in [-0.25, -0.2) is 0 Å². The molecule has 3 atom stereocenters. The van der Waals surface area contributed by atoms with E-state index < -0.39 is 0 Å². The smallest absolute Gasteiger partial charge is 0.0138 e. The van der Waals surface area contributed by atoms with E-state index in [0.717, 1.165) is 24.4 Å². The summed E-state index contributed by atoms with van der Waals surface area (Å²) in [7, 11) is 0. The van der Waals surface area contributed by atoms with Gasteiger partial charge in [-0.1, -0.05) is 27.2 Å². The summed E-state index contributed by atoms with van der Waals surface area (Å²) >= 11 is 0. The van der Waals surface area contributed by atoms with Crippen LogP contribution in [0.3, 0.4) is 0 Å². The van der Waals surface area contributed by atoms with Crippen molar-refractivity contribution in [3.05, 3.63) is 0 Å². The molecule has 0 aliphatic heterocycles. The normalized spacial score (nSPS) is 30.9. The van der Waals surface area contributed by atoms with E-state index in [1.54, 1.807) is 0 Å². The van der Waals surface area contributed by atoms with Crippen LogP contribution in [-0.2, 0) is 0 Å². The number of nitrogens with two attached hydrogens (primary N) is 1. The van der Waals surface area contributed by atoms with Crippen LogP contribution in [0.25, 0.3) is 0 Å². The van der Waals surface area contributed by atoms with Crippen molar-refractivity contribution in [2.45, 2.75) is 58.9 Å². The minimum atomic E-state index is 0.745. The Morgan fingerprint density at radius 1 is 1.12 bits per heavy atom. The average Bonchev–Trinajstić information content (AvgIpc) is 2.29. The summed E-state index contributed by atoms with van der Waals surface area (Å²) < 4.78 is 0. The monoisotopic (exact) mass is 226 g/mol. The van der Waals surface area contributed by atoms with E-state index in [9.17, 15) is 0 Å². The Balaban J connectivity index is 2.61. The molecule has 1 rings (SSSR count). The second-order valence-corrected chi connectivity index (χ2v) is 5.52. The molecule has 16 heavy (non-hydrogen) atoms. The van der Waals surface area contributed by atoms with Gasteiger partial charge in [0.15, 0.2) is 0 Å². The summed E-state index contributed by atoms with van der Waals surface area (Å²) in [5, 5.41) is 0. The maximum absolute atomic E-state index is 5.94. The lowest BCUT2D eigenvalue weighted by Crippen LogP contribution is -2.47. The molecule has 0 aromatic carbocycles. The molecule has 0 radical (unpaired) electrons. The molecule has 3 unspecified atom stereocenters. The molecule has 0 heterocycles. The van der Waals surface area contributed by atoms with Crippen molar-refractivity contribution in [1.29, 1.82) is 0 Å². The van der Waals surface area contributed by atoms with E-state index >= 15 is 0 Å². The highest BCUT2D eigenvalue weighted by Crippen LogP contribution is 2.31. The molecule has 2 heteroatoms. The molecule has 1 aliphatic carbocycles. The van der Waals surface area contributed by atoms with Gasteiger partial charge in [-0.05, 0) is 57.2 Å². The largest absolute Gasteiger partial charge is 0.330 e. The zero-order valence-electron chi connectivity index (χ0n) is 11.4. The molecule has 0 bridgehead atoms. The Kier molecular flexibility index (Phi) is 6.37. The highest BCUT2D eigenvalue weighted by molar-refractivity contribution is 4.86. The molecular weight excluding hydrogens is 196 g/mol. The molecule has 0 aromatic rings. The quantitative estimate of drug-likeness (QED) is 0.754. The van der Waals surface area contributed by atoms with Gasteiger partial charge in [0.2, 0.25) is 0 Å². The molecule has 2 nitrogen and oxygen atoms in total. The molecule has 0 aromatic heterocycles. The second kappa shape index (κ2) is 7.29. The molecule has 96 valence electrons. The summed E-state index contributed by atoms with van der Waals surface area (Å²) in [4.78, 5) is 2.70. The van der Waals surface area contributed by atoms with Crippen LogP contribution in [0, 0.1) is 11.8 Å². The lowest BCUT2D eigenvalue weighted by Gasteiger charge is -2.41. The van der Waals surface area contributed by atoms with Gasteiger partial charge < -0.3 is 10.6 Å². The fourth-order valence-corrected chi connectivity index (χ4v) is 3.15. The second-order valence-electron chi connectivity index (χ2n) is 5.52. The Morgan fingerprint density at radius 3 is 2.25 bits per heavy atom. The number of hydrogen-bond donors (Lipinski definition) is 1. The number of nitrogens with zero attached hydrogens (tertiary/aromatic N) is 1. The summed E-state index contributed by atoms with van der Waals surface area (Å²) in [5.74, 6) is 1.64. The molecular formula is C14H30N2. The third-order valence-electron chi connectivity index (χ3n) is 4.01. The first-order valence-corrected chi connectivity index (χ1v) is 7.17. The molecule has 0 spiro atoms. The Hall–Kier alpha value is -0.0800. The summed E-state index contributed by atoms with van der Waals surface area (Å²) in [5.41, 5.74) is 5.94. The van der Waals surface area contributed by atoms with E-state index in [4.69, 9.17) is 5.73 Å². The van der Waals surface area contributed by atoms with E-state index in [2.05, 4.69) is 25.7 Å². The summed E-state index contributed by atoms with van der Waals surface area (Å²) in [6, 6.07) is 0.758. The van der Waals surface area contributed by atoms with Crippen LogP contribution in [0.1, 0.15) is 52.9 Å². The lowest BCUT2D eigenvalue weighted by molar-refractivity contribution is 0.0857. The molecule has 1 fully saturated rings. The van der Waals surface area contributed by atoms with Crippen molar-refractivity contribution in [2.75, 3.05) is 19.6 Å². The zero-order valence-corrected chi connectivity index (χ0v) is 11.4. The highest BCUT2D eigenvalue weighted by Gasteiger charge is 2.31. The van der Waals surface area contributed by atoms with E-state index in [1.165, 1.54) is 45.2 Å². The first-order chi connectivity index (χ1) is 7.72. The molecule has 1 aliphatic rings. The molecule has 1 saturated carbocycles. The molecule has 2 N–H and O–H groups in total. The average molecular weight is 226 g/mol. The van der Waals surface area contributed by atoms with Crippen LogP contribution < -0.4 is 5.73 Å². The van der Waals surface area contributed by atoms with Crippen LogP contribution in [0.5, 0.6) is 0 Å². The topological polar surface area (TPSA) is 29.3 Å². The Labute approximate surface area is 102 Å². The van der Waals surface area contributed by atoms with Crippen molar-refractivity contribution in [3.63, 3.8) is 0 Å². The predicted molar refractivity (Wildman–Crippen MR) is 71.5 cm³/mol. The van der Waals surface area contributed by atoms with Crippen LogP contribution in [0.2, 0.25) is 0 Å². The van der Waals surface area contributed by atoms with Gasteiger partial charge in [0.05, 0.1) is 0 Å². The van der Waals surface area contributed by atoms with Gasteiger partial charge in [0.1, 0.15) is 0 Å². The molecule has 0 saturated heterocycles. The molecule has 0 amide bonds. The van der Waals surface area contributed by atoms with Gasteiger partial charge in [0, 0.05) is 6.04 Å². The van der Waals surface area contributed by atoms with Gasteiger partial charge in [0.25, 0.3) is 0 Å². The summed E-state index contributed by atoms with van der Waals surface area (Å²) in [6.07, 6.45) is 6.61. The van der Waals surface area contributed by atoms with Gasteiger partial charge in [-0.15, -0.1) is 0 Å². The third-order valence-corrected chi connectivity index (χ3v) is 4.01. The standard InChI is InChI=1S/C14H30N2/c1-4-8-16(9-5-2)14-10-12(3)6-7-13(14)11-15/h12-14H,4-11,15H2,1-3H3. The zero-order chi connectivity index (χ0) is 12.0. The van der Waals surface area contributed by atoms with Crippen molar-refractivity contribution in [1.82, 2.24) is 4.90 Å². The fraction of sp³-hybridized carbons (Fsp3) is 1.00. The van der Waals surface area contributed by atoms with E-state index in [-0.39, 0.29) is 0 Å². The van der Waals surface area contributed by atoms with Crippen LogP contribution in [-0.4, -0.2) is 30.6 Å². The highest BCUT2D eigenvalue weighted by atomic mass is 15.2. The van der Waals surface area contributed by atoms with Crippen molar-refractivity contribution >= 4 is 0 Å². The first-order valence-electron chi connectivity index (χ1n) is 7.17. The minimum Gasteiger partial charge on any atom is -0.330 e. The predicted octanol–water partition coefficient (Wildman–Crippen LogP) is 2.87. The van der Waals surface area contributed by atoms with Crippen molar-refractivity contribution in [2.24, 2.45) is 17.6 Å². The van der Waals surface area contributed by atoms with Crippen molar-refractivity contribution < 1.29 is 0 Å². The Morgan fingerprint density at radius 2 is 1.75 bits per heavy atom. The maximum Gasteiger partial charge on any atom is 0.0138 e. The van der Waals surface area contributed by atoms with Gasteiger partial charge >= 0.3 is 0 Å². The van der Waals surface area contributed by atoms with E-state index in [1.807, 2.05) is 0 Å². The van der Waals surface area contributed by atoms with Crippen molar-refractivity contribution in [3.8, 4) is 0 Å². The summed E-state index contributed by atoms with van der Waals surface area (Å²) in [6.45, 7) is 10.3. The van der Waals surface area contributed by atoms with Crippen LogP contribution in [0.15, 0.2) is 0 Å². The van der Waals surface area contributed by atoms with Gasteiger partial charge in [-0.3, -0.25) is 0 Å². The van der Waals surface area contributed by atoms with E-state index in [0.29, 0.717) is 0 Å². The van der Waals surface area contributed by atoms with Crippen LogP contribution in [0.4, 0.5) is 0 Å². The van der Waals surface area contributed by atoms with Crippen LogP contribution >= 0.6 is 0 Å². The number of rotatable bonds is 6. The first kappa shape index (κ1) is 14.0. The third kappa shape index (κ3) is 3.74. The minimum absolute atomic E-state index is 0.745. The van der Waals surface area contributed by atoms with Gasteiger partial charge in [-0.2, -0.15) is 0 Å². The maximum atomic E-state index is 5.94. The fourth-order valence-electron chi connectivity index (χ4n) is 3.15.